The lowest BCUT2D eigenvalue weighted by Crippen LogP contribution is -2.36. The Morgan fingerprint density at radius 3 is 2.39 bits per heavy atom. The number of hydrogen-bond acceptors (Lipinski definition) is 3. The Morgan fingerprint density at radius 1 is 1.11 bits per heavy atom. The lowest BCUT2D eigenvalue weighted by Gasteiger charge is -2.19. The van der Waals surface area contributed by atoms with Crippen LogP contribution >= 0.6 is 0 Å². The zero-order valence-electron chi connectivity index (χ0n) is 16.5. The Morgan fingerprint density at radius 2 is 1.79 bits per heavy atom. The van der Waals surface area contributed by atoms with E-state index in [1.165, 1.54) is 0 Å². The number of nitrogens with one attached hydrogen (secondary N) is 1. The third-order valence-electron chi connectivity index (χ3n) is 4.77. The summed E-state index contributed by atoms with van der Waals surface area (Å²) >= 11 is 0. The molecule has 2 aromatic rings. The van der Waals surface area contributed by atoms with E-state index in [0.717, 1.165) is 35.5 Å². The molecule has 0 aromatic heterocycles. The zero-order chi connectivity index (χ0) is 19.9. The van der Waals surface area contributed by atoms with Crippen LogP contribution in [0, 0.1) is 0 Å². The maximum atomic E-state index is 12.3. The molecule has 0 spiro atoms. The van der Waals surface area contributed by atoms with Crippen LogP contribution in [-0.2, 0) is 17.9 Å². The highest BCUT2D eigenvalue weighted by molar-refractivity contribution is 5.95. The smallest absolute Gasteiger partial charge is 0.317 e. The number of anilines is 1. The number of nitrogens with zero attached hydrogens (tertiary/aromatic N) is 2. The Bertz CT molecular complexity index is 803. The van der Waals surface area contributed by atoms with Crippen LogP contribution in [0.3, 0.4) is 0 Å². The summed E-state index contributed by atoms with van der Waals surface area (Å²) in [5, 5.41) is 2.93. The van der Waals surface area contributed by atoms with Gasteiger partial charge in [0.25, 0.3) is 0 Å². The molecule has 1 aliphatic heterocycles. The first-order chi connectivity index (χ1) is 13.6. The molecule has 2 aromatic carbocycles. The van der Waals surface area contributed by atoms with Crippen molar-refractivity contribution in [1.82, 2.24) is 10.2 Å². The summed E-state index contributed by atoms with van der Waals surface area (Å²) in [6, 6.07) is 15.4. The normalized spacial score (nSPS) is 13.5. The lowest BCUT2D eigenvalue weighted by molar-refractivity contribution is -0.117. The third kappa shape index (κ3) is 5.03. The van der Waals surface area contributed by atoms with Crippen molar-refractivity contribution in [3.63, 3.8) is 0 Å². The predicted molar refractivity (Wildman–Crippen MR) is 109 cm³/mol. The Hall–Kier alpha value is -3.02. The van der Waals surface area contributed by atoms with Gasteiger partial charge in [-0.05, 0) is 48.7 Å². The number of carbonyl (C=O) groups is 2. The standard InChI is InChI=1S/C22H27N3O3/c1-3-28-20-12-8-18(9-13-20)16-24(2)22(27)23-15-17-6-10-19(11-7-17)25-14-4-5-21(25)26/h6-13H,3-5,14-16H2,1-2H3,(H,23,27). The van der Waals surface area contributed by atoms with Crippen molar-refractivity contribution >= 4 is 17.6 Å². The molecule has 3 rings (SSSR count). The lowest BCUT2D eigenvalue weighted by atomic mass is 10.2. The second kappa shape index (κ2) is 9.26. The summed E-state index contributed by atoms with van der Waals surface area (Å²) in [5.41, 5.74) is 2.96. The minimum Gasteiger partial charge on any atom is -0.494 e. The van der Waals surface area contributed by atoms with Crippen LogP contribution in [0.15, 0.2) is 48.5 Å². The second-order valence-corrected chi connectivity index (χ2v) is 6.91. The SMILES string of the molecule is CCOc1ccc(CN(C)C(=O)NCc2ccc(N3CCCC3=O)cc2)cc1. The molecule has 148 valence electrons. The van der Waals surface area contributed by atoms with E-state index < -0.39 is 0 Å². The fourth-order valence-electron chi connectivity index (χ4n) is 3.23. The summed E-state index contributed by atoms with van der Waals surface area (Å²) in [6.45, 7) is 4.34. The van der Waals surface area contributed by atoms with Crippen molar-refractivity contribution in [2.24, 2.45) is 0 Å². The van der Waals surface area contributed by atoms with Gasteiger partial charge >= 0.3 is 6.03 Å². The summed E-state index contributed by atoms with van der Waals surface area (Å²) in [4.78, 5) is 27.6. The Labute approximate surface area is 166 Å². The molecule has 1 fully saturated rings. The monoisotopic (exact) mass is 381 g/mol. The van der Waals surface area contributed by atoms with Crippen molar-refractivity contribution in [3.05, 3.63) is 59.7 Å². The van der Waals surface area contributed by atoms with Crippen LogP contribution in [0.4, 0.5) is 10.5 Å². The Kier molecular flexibility index (Phi) is 6.53. The molecule has 0 saturated carbocycles. The molecule has 3 amide bonds. The summed E-state index contributed by atoms with van der Waals surface area (Å²) in [7, 11) is 1.77. The molecule has 1 heterocycles. The van der Waals surface area contributed by atoms with Gasteiger partial charge in [0, 0.05) is 38.8 Å². The van der Waals surface area contributed by atoms with Crippen molar-refractivity contribution in [2.45, 2.75) is 32.9 Å². The van der Waals surface area contributed by atoms with E-state index >= 15 is 0 Å². The van der Waals surface area contributed by atoms with Gasteiger partial charge < -0.3 is 19.9 Å². The highest BCUT2D eigenvalue weighted by atomic mass is 16.5. The van der Waals surface area contributed by atoms with Gasteiger partial charge in [-0.1, -0.05) is 24.3 Å². The molecule has 28 heavy (non-hydrogen) atoms. The van der Waals surface area contributed by atoms with Crippen molar-refractivity contribution in [1.29, 1.82) is 0 Å². The number of rotatable bonds is 7. The number of urea groups is 1. The van der Waals surface area contributed by atoms with Gasteiger partial charge in [-0.3, -0.25) is 4.79 Å². The van der Waals surface area contributed by atoms with Gasteiger partial charge in [0.15, 0.2) is 0 Å². The van der Waals surface area contributed by atoms with Gasteiger partial charge in [-0.2, -0.15) is 0 Å². The van der Waals surface area contributed by atoms with Crippen LogP contribution in [0.2, 0.25) is 0 Å². The molecule has 0 aliphatic carbocycles. The largest absolute Gasteiger partial charge is 0.494 e. The fourth-order valence-corrected chi connectivity index (χ4v) is 3.23. The van der Waals surface area contributed by atoms with E-state index in [1.807, 2.05) is 60.4 Å². The van der Waals surface area contributed by atoms with Gasteiger partial charge in [0.05, 0.1) is 6.61 Å². The van der Waals surface area contributed by atoms with E-state index in [9.17, 15) is 9.59 Å². The minimum atomic E-state index is -0.132. The maximum absolute atomic E-state index is 12.3. The molecular formula is C22H27N3O3. The summed E-state index contributed by atoms with van der Waals surface area (Å²) < 4.78 is 5.43. The van der Waals surface area contributed by atoms with Gasteiger partial charge in [-0.25, -0.2) is 4.79 Å². The Balaban J connectivity index is 1.48. The van der Waals surface area contributed by atoms with E-state index in [1.54, 1.807) is 11.9 Å². The molecule has 0 atom stereocenters. The van der Waals surface area contributed by atoms with Crippen LogP contribution < -0.4 is 15.0 Å². The molecule has 0 radical (unpaired) electrons. The molecule has 1 saturated heterocycles. The fraction of sp³-hybridized carbons (Fsp3) is 0.364. The van der Waals surface area contributed by atoms with Crippen LogP contribution in [0.25, 0.3) is 0 Å². The number of benzene rings is 2. The van der Waals surface area contributed by atoms with Crippen molar-refractivity contribution in [3.8, 4) is 5.75 Å². The molecule has 1 N–H and O–H groups in total. The molecule has 1 aliphatic rings. The third-order valence-corrected chi connectivity index (χ3v) is 4.77. The molecular weight excluding hydrogens is 354 g/mol. The van der Waals surface area contributed by atoms with Crippen molar-refractivity contribution < 1.29 is 14.3 Å². The maximum Gasteiger partial charge on any atom is 0.317 e. The highest BCUT2D eigenvalue weighted by Crippen LogP contribution is 2.21. The number of carbonyl (C=O) groups excluding carboxylic acids is 2. The number of hydrogen-bond donors (Lipinski definition) is 1. The van der Waals surface area contributed by atoms with Gasteiger partial charge in [0.1, 0.15) is 5.75 Å². The number of amides is 3. The molecule has 0 unspecified atom stereocenters. The van der Waals surface area contributed by atoms with Gasteiger partial charge in [0.2, 0.25) is 5.91 Å². The zero-order valence-corrected chi connectivity index (χ0v) is 16.5. The average molecular weight is 381 g/mol. The quantitative estimate of drug-likeness (QED) is 0.798. The van der Waals surface area contributed by atoms with E-state index in [-0.39, 0.29) is 11.9 Å². The van der Waals surface area contributed by atoms with E-state index in [4.69, 9.17) is 4.74 Å². The molecule has 0 bridgehead atoms. The van der Waals surface area contributed by atoms with Crippen LogP contribution in [0.1, 0.15) is 30.9 Å². The average Bonchev–Trinajstić information content (AvgIpc) is 3.14. The highest BCUT2D eigenvalue weighted by Gasteiger charge is 2.21. The number of ether oxygens (including phenoxy) is 1. The first-order valence-corrected chi connectivity index (χ1v) is 9.67. The predicted octanol–water partition coefficient (Wildman–Crippen LogP) is 3.55. The summed E-state index contributed by atoms with van der Waals surface area (Å²) in [5.74, 6) is 1.01. The van der Waals surface area contributed by atoms with E-state index in [0.29, 0.717) is 26.1 Å². The van der Waals surface area contributed by atoms with Crippen LogP contribution in [0.5, 0.6) is 5.75 Å². The first-order valence-electron chi connectivity index (χ1n) is 9.67. The second-order valence-electron chi connectivity index (χ2n) is 6.91. The van der Waals surface area contributed by atoms with E-state index in [2.05, 4.69) is 5.32 Å². The topological polar surface area (TPSA) is 61.9 Å². The van der Waals surface area contributed by atoms with Gasteiger partial charge in [-0.15, -0.1) is 0 Å². The molecule has 6 nitrogen and oxygen atoms in total. The van der Waals surface area contributed by atoms with Crippen LogP contribution in [-0.4, -0.2) is 37.0 Å². The summed E-state index contributed by atoms with van der Waals surface area (Å²) in [6.07, 6.45) is 1.54. The molecule has 6 heteroatoms. The first kappa shape index (κ1) is 19.7. The minimum absolute atomic E-state index is 0.132. The van der Waals surface area contributed by atoms with Crippen molar-refractivity contribution in [2.75, 3.05) is 25.1 Å².